The highest BCUT2D eigenvalue weighted by atomic mass is 16.5. The van der Waals surface area contributed by atoms with E-state index in [0.717, 1.165) is 57.9 Å². The lowest BCUT2D eigenvalue weighted by Gasteiger charge is -2.32. The highest BCUT2D eigenvalue weighted by molar-refractivity contribution is 5.79. The molecular weight excluding hydrogens is 280 g/mol. The average molecular weight is 304 g/mol. The van der Waals surface area contributed by atoms with E-state index in [-0.39, 0.29) is 17.9 Å². The first-order valence-corrected chi connectivity index (χ1v) is 8.19. The van der Waals surface area contributed by atoms with Gasteiger partial charge in [-0.25, -0.2) is 0 Å². The maximum Gasteiger partial charge on any atom is 0.228 e. The van der Waals surface area contributed by atoms with Gasteiger partial charge in [0.15, 0.2) is 5.82 Å². The summed E-state index contributed by atoms with van der Waals surface area (Å²) in [6.45, 7) is 6.10. The molecule has 0 unspecified atom stereocenters. The highest BCUT2D eigenvalue weighted by Crippen LogP contribution is 2.23. The number of hydrogen-bond donors (Lipinski definition) is 0. The SMILES string of the molecule is C[C@H]1OCCC[C@H]1C(=O)N1CCCN(c2cccnn2)CC1. The normalized spacial score (nSPS) is 26.6. The predicted octanol–water partition coefficient (Wildman–Crippen LogP) is 1.33. The second kappa shape index (κ2) is 7.05. The van der Waals surface area contributed by atoms with Gasteiger partial charge in [-0.1, -0.05) is 0 Å². The summed E-state index contributed by atoms with van der Waals surface area (Å²) in [5.74, 6) is 1.18. The molecule has 1 amide bonds. The largest absolute Gasteiger partial charge is 0.378 e. The van der Waals surface area contributed by atoms with Crippen LogP contribution in [0.15, 0.2) is 18.3 Å². The Hall–Kier alpha value is -1.69. The molecule has 2 fully saturated rings. The minimum atomic E-state index is 0.0248. The van der Waals surface area contributed by atoms with Gasteiger partial charge < -0.3 is 14.5 Å². The van der Waals surface area contributed by atoms with Crippen molar-refractivity contribution in [2.45, 2.75) is 32.3 Å². The molecule has 3 heterocycles. The Morgan fingerprint density at radius 3 is 2.95 bits per heavy atom. The fourth-order valence-corrected chi connectivity index (χ4v) is 3.31. The third-order valence-corrected chi connectivity index (χ3v) is 4.61. The molecule has 120 valence electrons. The molecule has 2 saturated heterocycles. The number of hydrogen-bond acceptors (Lipinski definition) is 5. The number of anilines is 1. The molecule has 22 heavy (non-hydrogen) atoms. The Bertz CT molecular complexity index is 496. The van der Waals surface area contributed by atoms with Crippen LogP contribution in [0.25, 0.3) is 0 Å². The zero-order valence-electron chi connectivity index (χ0n) is 13.1. The van der Waals surface area contributed by atoms with Gasteiger partial charge in [0.2, 0.25) is 5.91 Å². The molecule has 0 saturated carbocycles. The lowest BCUT2D eigenvalue weighted by molar-refractivity contribution is -0.143. The molecule has 0 radical (unpaired) electrons. The molecule has 2 aliphatic rings. The monoisotopic (exact) mass is 304 g/mol. The number of carbonyl (C=O) groups excluding carboxylic acids is 1. The first kappa shape index (κ1) is 15.2. The third-order valence-electron chi connectivity index (χ3n) is 4.61. The summed E-state index contributed by atoms with van der Waals surface area (Å²) in [6.07, 6.45) is 4.62. The minimum Gasteiger partial charge on any atom is -0.378 e. The summed E-state index contributed by atoms with van der Waals surface area (Å²) >= 11 is 0. The van der Waals surface area contributed by atoms with E-state index >= 15 is 0 Å². The molecule has 0 aromatic carbocycles. The highest BCUT2D eigenvalue weighted by Gasteiger charge is 2.32. The molecule has 6 nitrogen and oxygen atoms in total. The van der Waals surface area contributed by atoms with E-state index in [2.05, 4.69) is 15.1 Å². The van der Waals surface area contributed by atoms with Crippen LogP contribution in [0.5, 0.6) is 0 Å². The number of rotatable bonds is 2. The number of ether oxygens (including phenoxy) is 1. The van der Waals surface area contributed by atoms with Crippen molar-refractivity contribution in [2.24, 2.45) is 5.92 Å². The van der Waals surface area contributed by atoms with Crippen LogP contribution >= 0.6 is 0 Å². The zero-order chi connectivity index (χ0) is 15.4. The van der Waals surface area contributed by atoms with Crippen molar-refractivity contribution in [3.8, 4) is 0 Å². The lowest BCUT2D eigenvalue weighted by atomic mass is 9.94. The lowest BCUT2D eigenvalue weighted by Crippen LogP contribution is -2.44. The predicted molar refractivity (Wildman–Crippen MR) is 83.6 cm³/mol. The van der Waals surface area contributed by atoms with Gasteiger partial charge in [-0.05, 0) is 38.3 Å². The van der Waals surface area contributed by atoms with Crippen LogP contribution in [-0.4, -0.2) is 59.9 Å². The maximum absolute atomic E-state index is 12.8. The molecule has 0 aliphatic carbocycles. The van der Waals surface area contributed by atoms with E-state index in [1.165, 1.54) is 0 Å². The van der Waals surface area contributed by atoms with E-state index in [0.29, 0.717) is 0 Å². The Labute approximate surface area is 131 Å². The summed E-state index contributed by atoms with van der Waals surface area (Å²) in [7, 11) is 0. The van der Waals surface area contributed by atoms with Gasteiger partial charge in [0.05, 0.1) is 12.0 Å². The standard InChI is InChI=1S/C16H24N4O2/c1-13-14(5-3-12-22-13)16(21)20-9-4-8-19(10-11-20)15-6-2-7-17-18-15/h2,6-7,13-14H,3-5,8-12H2,1H3/t13-,14-/m1/s1. The molecule has 0 N–H and O–H groups in total. The van der Waals surface area contributed by atoms with E-state index in [1.54, 1.807) is 6.20 Å². The Balaban J connectivity index is 1.61. The van der Waals surface area contributed by atoms with Gasteiger partial charge in [-0.3, -0.25) is 4.79 Å². The van der Waals surface area contributed by atoms with Crippen LogP contribution in [-0.2, 0) is 9.53 Å². The van der Waals surface area contributed by atoms with Crippen molar-refractivity contribution in [1.82, 2.24) is 15.1 Å². The Morgan fingerprint density at radius 2 is 2.18 bits per heavy atom. The van der Waals surface area contributed by atoms with Gasteiger partial charge in [0.1, 0.15) is 0 Å². The molecule has 1 aromatic rings. The van der Waals surface area contributed by atoms with Crippen LogP contribution in [0.1, 0.15) is 26.2 Å². The van der Waals surface area contributed by atoms with Crippen LogP contribution in [0, 0.1) is 5.92 Å². The van der Waals surface area contributed by atoms with Crippen molar-refractivity contribution in [2.75, 3.05) is 37.7 Å². The second-order valence-electron chi connectivity index (χ2n) is 6.07. The second-order valence-corrected chi connectivity index (χ2v) is 6.07. The van der Waals surface area contributed by atoms with E-state index in [4.69, 9.17) is 4.74 Å². The summed E-state index contributed by atoms with van der Waals surface area (Å²) < 4.78 is 5.65. The zero-order valence-corrected chi connectivity index (χ0v) is 13.1. The van der Waals surface area contributed by atoms with Crippen molar-refractivity contribution in [1.29, 1.82) is 0 Å². The summed E-state index contributed by atoms with van der Waals surface area (Å²) in [4.78, 5) is 17.0. The van der Waals surface area contributed by atoms with Crippen molar-refractivity contribution >= 4 is 11.7 Å². The molecule has 3 rings (SSSR count). The molecule has 0 spiro atoms. The fraction of sp³-hybridized carbons (Fsp3) is 0.688. The molecular formula is C16H24N4O2. The van der Waals surface area contributed by atoms with Crippen molar-refractivity contribution in [3.05, 3.63) is 18.3 Å². The maximum atomic E-state index is 12.8. The smallest absolute Gasteiger partial charge is 0.228 e. The van der Waals surface area contributed by atoms with Crippen molar-refractivity contribution in [3.63, 3.8) is 0 Å². The third kappa shape index (κ3) is 3.38. The quantitative estimate of drug-likeness (QED) is 0.825. The molecule has 2 aliphatic heterocycles. The molecule has 6 heteroatoms. The van der Waals surface area contributed by atoms with E-state index < -0.39 is 0 Å². The number of aromatic nitrogens is 2. The number of nitrogens with zero attached hydrogens (tertiary/aromatic N) is 4. The number of carbonyl (C=O) groups is 1. The average Bonchev–Trinajstić information content (AvgIpc) is 2.81. The molecule has 1 aromatic heterocycles. The first-order chi connectivity index (χ1) is 10.8. The summed E-state index contributed by atoms with van der Waals surface area (Å²) in [6, 6.07) is 3.87. The summed E-state index contributed by atoms with van der Waals surface area (Å²) in [5, 5.41) is 8.11. The van der Waals surface area contributed by atoms with E-state index in [9.17, 15) is 4.79 Å². The number of amides is 1. The minimum absolute atomic E-state index is 0.0248. The van der Waals surface area contributed by atoms with Gasteiger partial charge in [-0.15, -0.1) is 5.10 Å². The topological polar surface area (TPSA) is 58.6 Å². The van der Waals surface area contributed by atoms with E-state index in [1.807, 2.05) is 24.0 Å². The van der Waals surface area contributed by atoms with Crippen LogP contribution < -0.4 is 4.90 Å². The Morgan fingerprint density at radius 1 is 1.27 bits per heavy atom. The van der Waals surface area contributed by atoms with Crippen LogP contribution in [0.4, 0.5) is 5.82 Å². The fourth-order valence-electron chi connectivity index (χ4n) is 3.31. The molecule has 0 bridgehead atoms. The van der Waals surface area contributed by atoms with Crippen LogP contribution in [0.2, 0.25) is 0 Å². The summed E-state index contributed by atoms with van der Waals surface area (Å²) in [5.41, 5.74) is 0. The van der Waals surface area contributed by atoms with Gasteiger partial charge in [0.25, 0.3) is 0 Å². The van der Waals surface area contributed by atoms with Gasteiger partial charge in [0, 0.05) is 39.0 Å². The molecule has 2 atom stereocenters. The van der Waals surface area contributed by atoms with Gasteiger partial charge in [-0.2, -0.15) is 5.10 Å². The first-order valence-electron chi connectivity index (χ1n) is 8.19. The van der Waals surface area contributed by atoms with Gasteiger partial charge >= 0.3 is 0 Å². The van der Waals surface area contributed by atoms with Crippen LogP contribution in [0.3, 0.4) is 0 Å². The Kier molecular flexibility index (Phi) is 4.87. The van der Waals surface area contributed by atoms with Crippen molar-refractivity contribution < 1.29 is 9.53 Å².